The second kappa shape index (κ2) is 6.31. The molecule has 1 aliphatic rings. The quantitative estimate of drug-likeness (QED) is 0.891. The van der Waals surface area contributed by atoms with Gasteiger partial charge in [0.15, 0.2) is 0 Å². The highest BCUT2D eigenvalue weighted by molar-refractivity contribution is 5.96. The first-order valence-corrected chi connectivity index (χ1v) is 8.56. The Labute approximate surface area is 144 Å². The van der Waals surface area contributed by atoms with E-state index in [4.69, 9.17) is 4.74 Å². The van der Waals surface area contributed by atoms with E-state index >= 15 is 0 Å². The number of rotatable bonds is 5. The van der Waals surface area contributed by atoms with Crippen LogP contribution in [-0.4, -0.2) is 13.0 Å². The van der Waals surface area contributed by atoms with Crippen molar-refractivity contribution in [2.75, 3.05) is 7.11 Å². The Balaban J connectivity index is 1.89. The molecule has 0 unspecified atom stereocenters. The molecule has 0 atom stereocenters. The Bertz CT molecular complexity index is 775. The number of carbonyl (C=O) groups excluding carboxylic acids is 1. The fourth-order valence-electron chi connectivity index (χ4n) is 3.25. The van der Waals surface area contributed by atoms with Gasteiger partial charge in [0.25, 0.3) is 5.91 Å². The van der Waals surface area contributed by atoms with Crippen molar-refractivity contribution < 1.29 is 9.53 Å². The second-order valence-corrected chi connectivity index (χ2v) is 6.72. The maximum Gasteiger partial charge on any atom is 0.252 e. The highest BCUT2D eigenvalue weighted by atomic mass is 16.5. The van der Waals surface area contributed by atoms with Crippen LogP contribution < -0.4 is 10.1 Å². The lowest BCUT2D eigenvalue weighted by molar-refractivity contribution is 0.0929. The lowest BCUT2D eigenvalue weighted by Crippen LogP contribution is -2.35. The van der Waals surface area contributed by atoms with Gasteiger partial charge in [0.05, 0.1) is 12.6 Å². The van der Waals surface area contributed by atoms with E-state index in [1.165, 1.54) is 16.7 Å². The van der Waals surface area contributed by atoms with Crippen LogP contribution in [0.4, 0.5) is 0 Å². The van der Waals surface area contributed by atoms with Gasteiger partial charge in [-0.25, -0.2) is 0 Å². The third-order valence-corrected chi connectivity index (χ3v) is 5.02. The van der Waals surface area contributed by atoms with Crippen LogP contribution in [0.1, 0.15) is 52.4 Å². The first-order chi connectivity index (χ1) is 11.5. The minimum absolute atomic E-state index is 0.0230. The van der Waals surface area contributed by atoms with Crippen LogP contribution in [0.25, 0.3) is 0 Å². The molecule has 0 spiro atoms. The Morgan fingerprint density at radius 1 is 1.12 bits per heavy atom. The number of ether oxygens (including phenoxy) is 1. The van der Waals surface area contributed by atoms with Gasteiger partial charge in [-0.2, -0.15) is 0 Å². The van der Waals surface area contributed by atoms with Crippen LogP contribution in [0.5, 0.6) is 5.75 Å². The van der Waals surface area contributed by atoms with Crippen LogP contribution in [-0.2, 0) is 12.0 Å². The van der Waals surface area contributed by atoms with Crippen molar-refractivity contribution >= 4 is 5.91 Å². The molecule has 0 saturated heterocycles. The molecule has 2 aromatic rings. The molecule has 2 aromatic carbocycles. The third-order valence-electron chi connectivity index (χ3n) is 5.02. The maximum atomic E-state index is 12.9. The zero-order valence-corrected chi connectivity index (χ0v) is 14.9. The zero-order chi connectivity index (χ0) is 17.3. The lowest BCUT2D eigenvalue weighted by atomic mass is 9.95. The number of hydrogen-bond donors (Lipinski definition) is 1. The predicted octanol–water partition coefficient (Wildman–Crippen LogP) is 4.29. The average Bonchev–Trinajstić information content (AvgIpc) is 3.36. The molecule has 1 amide bonds. The second-order valence-electron chi connectivity index (χ2n) is 6.72. The molecule has 3 heteroatoms. The van der Waals surface area contributed by atoms with Crippen LogP contribution in [0.2, 0.25) is 0 Å². The molecule has 1 saturated carbocycles. The number of aryl methyl sites for hydroxylation is 3. The van der Waals surface area contributed by atoms with Gasteiger partial charge >= 0.3 is 0 Å². The SMILES string of the molecule is CCc1ccc(C)c(C2(NC(=O)c3cc(OC)ccc3C)CC2)c1. The molecule has 1 aliphatic carbocycles. The van der Waals surface area contributed by atoms with Crippen molar-refractivity contribution in [1.29, 1.82) is 0 Å². The van der Waals surface area contributed by atoms with Crippen molar-refractivity contribution in [3.8, 4) is 5.75 Å². The molecule has 3 rings (SSSR count). The number of nitrogens with one attached hydrogen (secondary N) is 1. The summed E-state index contributed by atoms with van der Waals surface area (Å²) in [7, 11) is 1.62. The predicted molar refractivity (Wildman–Crippen MR) is 96.7 cm³/mol. The summed E-state index contributed by atoms with van der Waals surface area (Å²) >= 11 is 0. The van der Waals surface area contributed by atoms with Crippen LogP contribution in [0, 0.1) is 13.8 Å². The average molecular weight is 323 g/mol. The Morgan fingerprint density at radius 3 is 2.46 bits per heavy atom. The molecule has 0 aromatic heterocycles. The molecule has 1 fully saturated rings. The number of amides is 1. The van der Waals surface area contributed by atoms with E-state index in [-0.39, 0.29) is 11.4 Å². The van der Waals surface area contributed by atoms with Crippen molar-refractivity contribution in [2.24, 2.45) is 0 Å². The topological polar surface area (TPSA) is 38.3 Å². The molecule has 0 radical (unpaired) electrons. The van der Waals surface area contributed by atoms with Crippen LogP contribution in [0.15, 0.2) is 36.4 Å². The van der Waals surface area contributed by atoms with E-state index in [2.05, 4.69) is 37.4 Å². The number of benzene rings is 2. The normalized spacial score (nSPS) is 15.0. The largest absolute Gasteiger partial charge is 0.497 e. The summed E-state index contributed by atoms with van der Waals surface area (Å²) < 4.78 is 5.26. The van der Waals surface area contributed by atoms with Crippen molar-refractivity contribution in [3.63, 3.8) is 0 Å². The van der Waals surface area contributed by atoms with Gasteiger partial charge < -0.3 is 10.1 Å². The summed E-state index contributed by atoms with van der Waals surface area (Å²) in [5, 5.41) is 3.29. The summed E-state index contributed by atoms with van der Waals surface area (Å²) in [4.78, 5) is 12.9. The first kappa shape index (κ1) is 16.6. The molecular weight excluding hydrogens is 298 g/mol. The number of hydrogen-bond acceptors (Lipinski definition) is 2. The van der Waals surface area contributed by atoms with Gasteiger partial charge in [-0.05, 0) is 67.5 Å². The highest BCUT2D eigenvalue weighted by Crippen LogP contribution is 2.47. The van der Waals surface area contributed by atoms with Gasteiger partial charge in [0, 0.05) is 5.56 Å². The lowest BCUT2D eigenvalue weighted by Gasteiger charge is -2.22. The Morgan fingerprint density at radius 2 is 1.83 bits per heavy atom. The van der Waals surface area contributed by atoms with E-state index in [9.17, 15) is 4.79 Å². The fraction of sp³-hybridized carbons (Fsp3) is 0.381. The monoisotopic (exact) mass is 323 g/mol. The third kappa shape index (κ3) is 3.03. The molecule has 1 N–H and O–H groups in total. The fourth-order valence-corrected chi connectivity index (χ4v) is 3.25. The molecule has 126 valence electrons. The first-order valence-electron chi connectivity index (χ1n) is 8.56. The van der Waals surface area contributed by atoms with Gasteiger partial charge in [-0.15, -0.1) is 0 Å². The Hall–Kier alpha value is -2.29. The van der Waals surface area contributed by atoms with Crippen molar-refractivity contribution in [2.45, 2.75) is 45.6 Å². The Kier molecular flexibility index (Phi) is 4.35. The van der Waals surface area contributed by atoms with Gasteiger partial charge in [-0.1, -0.05) is 31.2 Å². The molecule has 3 nitrogen and oxygen atoms in total. The molecular formula is C21H25NO2. The van der Waals surface area contributed by atoms with E-state index in [1.54, 1.807) is 7.11 Å². The highest BCUT2D eigenvalue weighted by Gasteiger charge is 2.46. The van der Waals surface area contributed by atoms with E-state index in [0.717, 1.165) is 24.8 Å². The summed E-state index contributed by atoms with van der Waals surface area (Å²) in [5.74, 6) is 0.685. The summed E-state index contributed by atoms with van der Waals surface area (Å²) in [6.45, 7) is 6.24. The summed E-state index contributed by atoms with van der Waals surface area (Å²) in [6, 6.07) is 12.2. The van der Waals surface area contributed by atoms with E-state index in [1.807, 2.05) is 25.1 Å². The minimum Gasteiger partial charge on any atom is -0.497 e. The van der Waals surface area contributed by atoms with Crippen molar-refractivity contribution in [1.82, 2.24) is 5.32 Å². The molecule has 0 heterocycles. The van der Waals surface area contributed by atoms with Crippen LogP contribution >= 0.6 is 0 Å². The van der Waals surface area contributed by atoms with Crippen LogP contribution in [0.3, 0.4) is 0 Å². The summed E-state index contributed by atoms with van der Waals surface area (Å²) in [5.41, 5.74) is 5.26. The smallest absolute Gasteiger partial charge is 0.252 e. The number of methoxy groups -OCH3 is 1. The maximum absolute atomic E-state index is 12.9. The van der Waals surface area contributed by atoms with Gasteiger partial charge in [0.1, 0.15) is 5.75 Å². The molecule has 0 aliphatic heterocycles. The number of carbonyl (C=O) groups is 1. The van der Waals surface area contributed by atoms with Gasteiger partial charge in [0.2, 0.25) is 0 Å². The van der Waals surface area contributed by atoms with E-state index < -0.39 is 0 Å². The van der Waals surface area contributed by atoms with Gasteiger partial charge in [-0.3, -0.25) is 4.79 Å². The standard InChI is InChI=1S/C21H25NO2/c1-5-16-8-6-15(3)19(12-16)21(10-11-21)22-20(23)18-13-17(24-4)9-7-14(18)2/h6-9,12-13H,5,10-11H2,1-4H3,(H,22,23). The molecule has 24 heavy (non-hydrogen) atoms. The zero-order valence-electron chi connectivity index (χ0n) is 14.9. The van der Waals surface area contributed by atoms with E-state index in [0.29, 0.717) is 11.3 Å². The summed E-state index contributed by atoms with van der Waals surface area (Å²) in [6.07, 6.45) is 3.00. The minimum atomic E-state index is -0.206. The van der Waals surface area contributed by atoms with Crippen molar-refractivity contribution in [3.05, 3.63) is 64.2 Å². The molecule has 0 bridgehead atoms.